The lowest BCUT2D eigenvalue weighted by Crippen LogP contribution is -2.48. The van der Waals surface area contributed by atoms with Crippen molar-refractivity contribution in [3.8, 4) is 0 Å². The molecule has 156 valence electrons. The zero-order valence-electron chi connectivity index (χ0n) is 16.5. The number of aromatic amines is 1. The third-order valence-electron chi connectivity index (χ3n) is 4.67. The minimum atomic E-state index is -0.291. The average molecular weight is 427 g/mol. The van der Waals surface area contributed by atoms with Crippen molar-refractivity contribution in [3.05, 3.63) is 52.9 Å². The number of amides is 1. The fraction of sp³-hybridized carbons (Fsp3) is 0.300. The van der Waals surface area contributed by atoms with Crippen LogP contribution in [0.2, 0.25) is 5.02 Å². The van der Waals surface area contributed by atoms with Gasteiger partial charge in [0, 0.05) is 22.5 Å². The van der Waals surface area contributed by atoms with Crippen molar-refractivity contribution in [3.63, 3.8) is 0 Å². The van der Waals surface area contributed by atoms with E-state index in [1.165, 1.54) is 6.20 Å². The largest absolute Gasteiger partial charge is 0.338 e. The van der Waals surface area contributed by atoms with Gasteiger partial charge in [-0.3, -0.25) is 15.2 Å². The molecule has 0 bridgehead atoms. The Hall–Kier alpha value is -3.17. The molecule has 3 heterocycles. The number of aryl methyl sites for hydroxylation is 1. The minimum absolute atomic E-state index is 0.0683. The molecule has 30 heavy (non-hydrogen) atoms. The maximum absolute atomic E-state index is 12.9. The summed E-state index contributed by atoms with van der Waals surface area (Å²) in [5.74, 6) is 1.12. The molecule has 0 radical (unpaired) electrons. The second-order valence-electron chi connectivity index (χ2n) is 7.12. The molecule has 1 saturated heterocycles. The van der Waals surface area contributed by atoms with Gasteiger partial charge in [-0.15, -0.1) is 0 Å². The fourth-order valence-corrected chi connectivity index (χ4v) is 3.31. The van der Waals surface area contributed by atoms with Crippen LogP contribution in [0.15, 0.2) is 36.5 Å². The molecule has 0 saturated carbocycles. The molecule has 1 fully saturated rings. The molecule has 1 unspecified atom stereocenters. The van der Waals surface area contributed by atoms with Crippen LogP contribution >= 0.6 is 11.6 Å². The summed E-state index contributed by atoms with van der Waals surface area (Å²) < 4.78 is 0. The lowest BCUT2D eigenvalue weighted by Gasteiger charge is -2.24. The Bertz CT molecular complexity index is 1010. The molecule has 0 spiro atoms. The number of anilines is 4. The summed E-state index contributed by atoms with van der Waals surface area (Å²) in [7, 11) is 0. The van der Waals surface area contributed by atoms with Crippen molar-refractivity contribution in [1.29, 1.82) is 0 Å². The first-order chi connectivity index (χ1) is 14.6. The molecule has 5 N–H and O–H groups in total. The summed E-state index contributed by atoms with van der Waals surface area (Å²) in [6, 6.07) is 9.00. The second-order valence-corrected chi connectivity index (χ2v) is 7.56. The average Bonchev–Trinajstić information content (AvgIpc) is 3.15. The van der Waals surface area contributed by atoms with Crippen molar-refractivity contribution in [2.45, 2.75) is 32.4 Å². The molecule has 4 rings (SSSR count). The first kappa shape index (κ1) is 20.1. The first-order valence-corrected chi connectivity index (χ1v) is 10.2. The van der Waals surface area contributed by atoms with Crippen molar-refractivity contribution in [2.24, 2.45) is 0 Å². The predicted molar refractivity (Wildman–Crippen MR) is 116 cm³/mol. The second kappa shape index (κ2) is 9.10. The first-order valence-electron chi connectivity index (χ1n) is 9.80. The molecule has 1 aliphatic heterocycles. The molecule has 3 aromatic rings. The van der Waals surface area contributed by atoms with Gasteiger partial charge < -0.3 is 16.0 Å². The Morgan fingerprint density at radius 3 is 2.70 bits per heavy atom. The van der Waals surface area contributed by atoms with E-state index in [9.17, 15) is 4.79 Å². The summed E-state index contributed by atoms with van der Waals surface area (Å²) in [4.78, 5) is 21.8. The van der Waals surface area contributed by atoms with Crippen LogP contribution in [0.1, 0.15) is 35.4 Å². The van der Waals surface area contributed by atoms with Crippen LogP contribution in [0.3, 0.4) is 0 Å². The van der Waals surface area contributed by atoms with Gasteiger partial charge in [-0.2, -0.15) is 5.10 Å². The molecule has 0 aliphatic carbocycles. The third-order valence-corrected chi connectivity index (χ3v) is 4.92. The van der Waals surface area contributed by atoms with Crippen molar-refractivity contribution < 1.29 is 4.79 Å². The standard InChI is InChI=1S/C20H23ClN8O/c1-12-10-16(29-28-12)25-17-11-23-18(20(30)27-15-4-2-3-9-22-15)19(26-17)24-14-7-5-13(21)6-8-14/h5-8,10-11,15,22H,2-4,9H2,1H3,(H,27,30)(H3,24,25,26,28,29). The fourth-order valence-electron chi connectivity index (χ4n) is 3.19. The van der Waals surface area contributed by atoms with Gasteiger partial charge >= 0.3 is 0 Å². The molecular weight excluding hydrogens is 404 g/mol. The molecule has 1 atom stereocenters. The lowest BCUT2D eigenvalue weighted by molar-refractivity contribution is 0.0917. The van der Waals surface area contributed by atoms with Gasteiger partial charge in [0.15, 0.2) is 23.1 Å². The van der Waals surface area contributed by atoms with Crippen LogP contribution in [0.5, 0.6) is 0 Å². The van der Waals surface area contributed by atoms with Gasteiger partial charge in [0.1, 0.15) is 0 Å². The van der Waals surface area contributed by atoms with Crippen LogP contribution in [0, 0.1) is 6.92 Å². The van der Waals surface area contributed by atoms with Crippen LogP contribution in [0.4, 0.5) is 23.1 Å². The SMILES string of the molecule is Cc1cc(Nc2cnc(C(=O)NC3CCCCN3)c(Nc3ccc(Cl)cc3)n2)n[nH]1. The number of nitrogens with one attached hydrogen (secondary N) is 5. The number of hydrogen-bond acceptors (Lipinski definition) is 7. The van der Waals surface area contributed by atoms with Crippen molar-refractivity contribution in [1.82, 2.24) is 30.8 Å². The number of aromatic nitrogens is 4. The molecule has 1 aromatic carbocycles. The number of hydrogen-bond donors (Lipinski definition) is 5. The van der Waals surface area contributed by atoms with E-state index in [-0.39, 0.29) is 17.8 Å². The molecular formula is C20H23ClN8O. The quantitative estimate of drug-likeness (QED) is 0.409. The Kier molecular flexibility index (Phi) is 6.10. The van der Waals surface area contributed by atoms with E-state index in [1.54, 1.807) is 12.1 Å². The maximum Gasteiger partial charge on any atom is 0.274 e. The number of halogens is 1. The Balaban J connectivity index is 1.59. The topological polar surface area (TPSA) is 120 Å². The van der Waals surface area contributed by atoms with Gasteiger partial charge in [0.25, 0.3) is 5.91 Å². The zero-order chi connectivity index (χ0) is 20.9. The number of piperidine rings is 1. The number of carbonyl (C=O) groups excluding carboxylic acids is 1. The Morgan fingerprint density at radius 2 is 2.00 bits per heavy atom. The number of carbonyl (C=O) groups is 1. The van der Waals surface area contributed by atoms with Crippen molar-refractivity contribution in [2.75, 3.05) is 17.2 Å². The maximum atomic E-state index is 12.9. The van der Waals surface area contributed by atoms with E-state index in [2.05, 4.69) is 41.4 Å². The molecule has 1 amide bonds. The predicted octanol–water partition coefficient (Wildman–Crippen LogP) is 3.48. The van der Waals surface area contributed by atoms with Crippen LogP contribution < -0.4 is 21.3 Å². The summed E-state index contributed by atoms with van der Waals surface area (Å²) in [6.07, 6.45) is 4.52. The Labute approximate surface area is 179 Å². The van der Waals surface area contributed by atoms with Gasteiger partial charge in [-0.05, 0) is 57.0 Å². The number of benzene rings is 1. The molecule has 1 aliphatic rings. The number of rotatable bonds is 6. The van der Waals surface area contributed by atoms with Gasteiger partial charge in [-0.1, -0.05) is 11.6 Å². The zero-order valence-corrected chi connectivity index (χ0v) is 17.3. The van der Waals surface area contributed by atoms with Crippen LogP contribution in [-0.4, -0.2) is 38.8 Å². The van der Waals surface area contributed by atoms with Crippen molar-refractivity contribution >= 4 is 40.6 Å². The molecule has 2 aromatic heterocycles. The van der Waals surface area contributed by atoms with E-state index < -0.39 is 0 Å². The van der Waals surface area contributed by atoms with E-state index in [0.717, 1.165) is 37.2 Å². The van der Waals surface area contributed by atoms with E-state index in [0.29, 0.717) is 22.5 Å². The highest BCUT2D eigenvalue weighted by Gasteiger charge is 2.21. The van der Waals surface area contributed by atoms with E-state index in [4.69, 9.17) is 11.6 Å². The smallest absolute Gasteiger partial charge is 0.274 e. The molecule has 10 heteroatoms. The normalized spacial score (nSPS) is 16.1. The monoisotopic (exact) mass is 426 g/mol. The summed E-state index contributed by atoms with van der Waals surface area (Å²) in [6.45, 7) is 2.79. The van der Waals surface area contributed by atoms with Gasteiger partial charge in [0.05, 0.1) is 12.4 Å². The summed E-state index contributed by atoms with van der Waals surface area (Å²) >= 11 is 5.98. The molecule has 9 nitrogen and oxygen atoms in total. The van der Waals surface area contributed by atoms with E-state index >= 15 is 0 Å². The minimum Gasteiger partial charge on any atom is -0.338 e. The summed E-state index contributed by atoms with van der Waals surface area (Å²) in [5.41, 5.74) is 1.87. The van der Waals surface area contributed by atoms with Crippen LogP contribution in [-0.2, 0) is 0 Å². The number of H-pyrrole nitrogens is 1. The third kappa shape index (κ3) is 5.05. The highest BCUT2D eigenvalue weighted by molar-refractivity contribution is 6.30. The van der Waals surface area contributed by atoms with E-state index in [1.807, 2.05) is 25.1 Å². The number of nitrogens with zero attached hydrogens (tertiary/aromatic N) is 3. The highest BCUT2D eigenvalue weighted by atomic mass is 35.5. The Morgan fingerprint density at radius 1 is 1.17 bits per heavy atom. The lowest BCUT2D eigenvalue weighted by atomic mass is 10.1. The summed E-state index contributed by atoms with van der Waals surface area (Å²) in [5, 5.41) is 20.2. The van der Waals surface area contributed by atoms with Crippen LogP contribution in [0.25, 0.3) is 0 Å². The van der Waals surface area contributed by atoms with Gasteiger partial charge in [0.2, 0.25) is 0 Å². The van der Waals surface area contributed by atoms with Gasteiger partial charge in [-0.25, -0.2) is 9.97 Å². The highest BCUT2D eigenvalue weighted by Crippen LogP contribution is 2.22.